The van der Waals surface area contributed by atoms with Gasteiger partial charge in [-0.2, -0.15) is 11.8 Å². The van der Waals surface area contributed by atoms with E-state index in [9.17, 15) is 4.79 Å². The number of benzene rings is 1. The monoisotopic (exact) mass is 220 g/mol. The van der Waals surface area contributed by atoms with Crippen LogP contribution in [-0.4, -0.2) is 16.8 Å². The Hall–Kier alpha value is -0.760. The van der Waals surface area contributed by atoms with Crippen molar-refractivity contribution in [2.45, 2.75) is 30.9 Å². The van der Waals surface area contributed by atoms with Gasteiger partial charge in [-0.3, -0.25) is 4.79 Å². The fourth-order valence-corrected chi connectivity index (χ4v) is 3.20. The minimum Gasteiger partial charge on any atom is -0.298 e. The predicted molar refractivity (Wildman–Crippen MR) is 65.3 cm³/mol. The second-order valence-electron chi connectivity index (χ2n) is 3.95. The van der Waals surface area contributed by atoms with Crippen LogP contribution >= 0.6 is 11.8 Å². The largest absolute Gasteiger partial charge is 0.298 e. The molecule has 0 aromatic heterocycles. The maximum atomic E-state index is 11.4. The molecule has 0 aliphatic heterocycles. The lowest BCUT2D eigenvalue weighted by molar-refractivity contribution is -0.116. The molecule has 0 radical (unpaired) electrons. The zero-order chi connectivity index (χ0) is 10.5. The van der Waals surface area contributed by atoms with Crippen molar-refractivity contribution in [2.24, 2.45) is 0 Å². The average molecular weight is 220 g/mol. The van der Waals surface area contributed by atoms with Crippen molar-refractivity contribution in [3.05, 3.63) is 35.9 Å². The summed E-state index contributed by atoms with van der Waals surface area (Å²) >= 11 is 1.84. The first kappa shape index (κ1) is 10.7. The second-order valence-corrected chi connectivity index (χ2v) is 5.26. The van der Waals surface area contributed by atoms with E-state index in [-0.39, 0.29) is 0 Å². The van der Waals surface area contributed by atoms with E-state index in [2.05, 4.69) is 24.3 Å². The maximum Gasteiger partial charge on any atom is 0.145 e. The number of thioether (sulfide) groups is 1. The van der Waals surface area contributed by atoms with Crippen LogP contribution in [0.2, 0.25) is 0 Å². The van der Waals surface area contributed by atoms with Crippen LogP contribution in [0.15, 0.2) is 30.3 Å². The van der Waals surface area contributed by atoms with Gasteiger partial charge >= 0.3 is 0 Å². The normalized spacial score (nSPS) is 20.8. The maximum absolute atomic E-state index is 11.4. The molecule has 0 heterocycles. The summed E-state index contributed by atoms with van der Waals surface area (Å²) < 4.78 is 0. The van der Waals surface area contributed by atoms with Crippen molar-refractivity contribution in [3.63, 3.8) is 0 Å². The van der Waals surface area contributed by atoms with Crippen molar-refractivity contribution < 1.29 is 4.79 Å². The molecule has 1 atom stereocenters. The first-order chi connectivity index (χ1) is 7.36. The lowest BCUT2D eigenvalue weighted by Gasteiger charge is -2.07. The summed E-state index contributed by atoms with van der Waals surface area (Å²) in [4.78, 5) is 11.4. The summed E-state index contributed by atoms with van der Waals surface area (Å²) in [5, 5.41) is 0.300. The van der Waals surface area contributed by atoms with Gasteiger partial charge in [-0.1, -0.05) is 30.3 Å². The summed E-state index contributed by atoms with van der Waals surface area (Å²) in [5.41, 5.74) is 1.37. The van der Waals surface area contributed by atoms with Crippen LogP contribution in [0, 0.1) is 0 Å². The van der Waals surface area contributed by atoms with Crippen LogP contribution in [0.3, 0.4) is 0 Å². The third-order valence-corrected chi connectivity index (χ3v) is 4.14. The third kappa shape index (κ3) is 3.10. The molecule has 0 saturated heterocycles. The Labute approximate surface area is 95.3 Å². The molecule has 1 fully saturated rings. The Balaban J connectivity index is 1.73. The molecule has 1 unspecified atom stereocenters. The van der Waals surface area contributed by atoms with E-state index < -0.39 is 0 Å². The Kier molecular flexibility index (Phi) is 3.84. The Morgan fingerprint density at radius 2 is 2.07 bits per heavy atom. The van der Waals surface area contributed by atoms with E-state index in [0.29, 0.717) is 11.0 Å². The molecule has 1 aliphatic rings. The summed E-state index contributed by atoms with van der Waals surface area (Å²) in [5.74, 6) is 1.54. The molecule has 0 amide bonds. The quantitative estimate of drug-likeness (QED) is 0.775. The van der Waals surface area contributed by atoms with Gasteiger partial charge in [0.15, 0.2) is 0 Å². The summed E-state index contributed by atoms with van der Waals surface area (Å²) in [7, 11) is 0. The van der Waals surface area contributed by atoms with Crippen molar-refractivity contribution in [1.29, 1.82) is 0 Å². The topological polar surface area (TPSA) is 17.1 Å². The minimum atomic E-state index is 0.300. The van der Waals surface area contributed by atoms with E-state index in [1.807, 2.05) is 17.8 Å². The van der Waals surface area contributed by atoms with Crippen LogP contribution in [-0.2, 0) is 11.2 Å². The number of carbonyl (C=O) groups is 1. The van der Waals surface area contributed by atoms with Crippen LogP contribution in [0.1, 0.15) is 24.8 Å². The molecule has 0 bridgehead atoms. The Morgan fingerprint density at radius 3 is 2.73 bits per heavy atom. The number of ketones is 1. The highest BCUT2D eigenvalue weighted by Gasteiger charge is 2.23. The van der Waals surface area contributed by atoms with E-state index in [1.165, 1.54) is 5.56 Å². The molecule has 2 heteroatoms. The van der Waals surface area contributed by atoms with E-state index in [0.717, 1.165) is 31.4 Å². The predicted octanol–water partition coefficient (Wildman–Crippen LogP) is 3.08. The number of Topliss-reactive ketones (excluding diaryl/α,β-unsaturated/α-hetero) is 1. The number of hydrogen-bond acceptors (Lipinski definition) is 2. The van der Waals surface area contributed by atoms with Gasteiger partial charge < -0.3 is 0 Å². The molecular weight excluding hydrogens is 204 g/mol. The van der Waals surface area contributed by atoms with Crippen molar-refractivity contribution in [2.75, 3.05) is 5.75 Å². The van der Waals surface area contributed by atoms with Gasteiger partial charge in [0.2, 0.25) is 0 Å². The zero-order valence-corrected chi connectivity index (χ0v) is 9.63. The first-order valence-electron chi connectivity index (χ1n) is 5.54. The van der Waals surface area contributed by atoms with Crippen molar-refractivity contribution in [1.82, 2.24) is 0 Å². The smallest absolute Gasteiger partial charge is 0.145 e. The molecule has 1 nitrogen and oxygen atoms in total. The van der Waals surface area contributed by atoms with Gasteiger partial charge in [-0.15, -0.1) is 0 Å². The van der Waals surface area contributed by atoms with Crippen LogP contribution < -0.4 is 0 Å². The van der Waals surface area contributed by atoms with Gasteiger partial charge in [0.25, 0.3) is 0 Å². The summed E-state index contributed by atoms with van der Waals surface area (Å²) in [6.45, 7) is 0. The van der Waals surface area contributed by atoms with Gasteiger partial charge in [-0.05, 0) is 30.6 Å². The standard InChI is InChI=1S/C13H16OS/c14-12-7-4-8-13(12)15-10-9-11-5-2-1-3-6-11/h1-3,5-6,13H,4,7-10H2. The van der Waals surface area contributed by atoms with Gasteiger partial charge in [0, 0.05) is 6.42 Å². The lowest BCUT2D eigenvalue weighted by atomic mass is 10.2. The second kappa shape index (κ2) is 5.36. The minimum absolute atomic E-state index is 0.300. The van der Waals surface area contributed by atoms with Crippen molar-refractivity contribution in [3.8, 4) is 0 Å². The number of aryl methyl sites for hydroxylation is 1. The lowest BCUT2D eigenvalue weighted by Crippen LogP contribution is -2.09. The SMILES string of the molecule is O=C1CCCC1SCCc1ccccc1. The van der Waals surface area contributed by atoms with Crippen molar-refractivity contribution >= 4 is 17.5 Å². The van der Waals surface area contributed by atoms with Gasteiger partial charge in [0.1, 0.15) is 5.78 Å². The highest BCUT2D eigenvalue weighted by atomic mass is 32.2. The van der Waals surface area contributed by atoms with E-state index in [1.54, 1.807) is 0 Å². The van der Waals surface area contributed by atoms with Crippen LogP contribution in [0.4, 0.5) is 0 Å². The number of rotatable bonds is 4. The summed E-state index contributed by atoms with van der Waals surface area (Å²) in [6, 6.07) is 10.5. The molecular formula is C13H16OS. The molecule has 1 saturated carbocycles. The molecule has 0 N–H and O–H groups in total. The molecule has 1 aromatic carbocycles. The van der Waals surface area contributed by atoms with Gasteiger partial charge in [-0.25, -0.2) is 0 Å². The van der Waals surface area contributed by atoms with Crippen LogP contribution in [0.25, 0.3) is 0 Å². The number of carbonyl (C=O) groups excluding carboxylic acids is 1. The van der Waals surface area contributed by atoms with Gasteiger partial charge in [0.05, 0.1) is 5.25 Å². The third-order valence-electron chi connectivity index (χ3n) is 2.80. The molecule has 1 aliphatic carbocycles. The van der Waals surface area contributed by atoms with Crippen LogP contribution in [0.5, 0.6) is 0 Å². The fraction of sp³-hybridized carbons (Fsp3) is 0.462. The molecule has 1 aromatic rings. The first-order valence-corrected chi connectivity index (χ1v) is 6.59. The highest BCUT2D eigenvalue weighted by molar-refractivity contribution is 8.00. The summed E-state index contributed by atoms with van der Waals surface area (Å²) in [6.07, 6.45) is 4.08. The fourth-order valence-electron chi connectivity index (χ4n) is 1.92. The van der Waals surface area contributed by atoms with E-state index >= 15 is 0 Å². The average Bonchev–Trinajstić information content (AvgIpc) is 2.66. The Morgan fingerprint density at radius 1 is 1.27 bits per heavy atom. The Bertz CT molecular complexity index is 321. The molecule has 2 rings (SSSR count). The molecule has 0 spiro atoms. The highest BCUT2D eigenvalue weighted by Crippen LogP contribution is 2.26. The van der Waals surface area contributed by atoms with E-state index in [4.69, 9.17) is 0 Å². The zero-order valence-electron chi connectivity index (χ0n) is 8.82. The molecule has 80 valence electrons. The molecule has 15 heavy (non-hydrogen) atoms. The number of hydrogen-bond donors (Lipinski definition) is 0.